The molecule has 1 N–H and O–H groups in total. The van der Waals surface area contributed by atoms with Gasteiger partial charge in [0.2, 0.25) is 0 Å². The maximum atomic E-state index is 11.2. The molecule has 1 aliphatic heterocycles. The van der Waals surface area contributed by atoms with E-state index in [9.17, 15) is 10.1 Å². The second-order valence-corrected chi connectivity index (χ2v) is 7.89. The van der Waals surface area contributed by atoms with Crippen LogP contribution in [-0.2, 0) is 0 Å². The zero-order chi connectivity index (χ0) is 20.5. The first kappa shape index (κ1) is 18.2. The average Bonchev–Trinajstić information content (AvgIpc) is 3.23. The Kier molecular flexibility index (Phi) is 4.57. The van der Waals surface area contributed by atoms with Crippen LogP contribution in [-0.4, -0.2) is 15.6 Å². The van der Waals surface area contributed by atoms with E-state index in [0.717, 1.165) is 43.3 Å². The highest BCUT2D eigenvalue weighted by Crippen LogP contribution is 2.36. The number of non-ortho nitro benzene ring substituents is 1. The number of hydrogen-bond donors (Lipinski definition) is 1. The quantitative estimate of drug-likeness (QED) is 0.356. The summed E-state index contributed by atoms with van der Waals surface area (Å²) in [6, 6.07) is 24.6. The highest BCUT2D eigenvalue weighted by Gasteiger charge is 2.23. The summed E-state index contributed by atoms with van der Waals surface area (Å²) in [6.07, 6.45) is 0.526. The topological polar surface area (TPSA) is 80.4 Å². The van der Waals surface area contributed by atoms with Gasteiger partial charge in [-0.3, -0.25) is 15.5 Å². The molecule has 3 aromatic carbocycles. The molecule has 30 heavy (non-hydrogen) atoms. The molecule has 0 aliphatic carbocycles. The minimum absolute atomic E-state index is 0.0505. The third-order valence-corrected chi connectivity index (χ3v) is 6.05. The number of rotatable bonds is 4. The standard InChI is InChI=1S/C23H16N4O2S/c28-27(29)17-10-6-9-16(13-17)20-14-18(22(26-25-20)15-7-2-1-3-8-15)23-24-19-11-4-5-12-21(19)30-23/h1-13,26H,14H2. The molecule has 7 heteroatoms. The summed E-state index contributed by atoms with van der Waals surface area (Å²) in [5.41, 5.74) is 8.62. The van der Waals surface area contributed by atoms with E-state index in [-0.39, 0.29) is 10.6 Å². The minimum atomic E-state index is -0.389. The predicted octanol–water partition coefficient (Wildman–Crippen LogP) is 5.47. The van der Waals surface area contributed by atoms with Crippen molar-refractivity contribution in [1.82, 2.24) is 10.4 Å². The van der Waals surface area contributed by atoms with Crippen molar-refractivity contribution >= 4 is 44.2 Å². The Hall–Kier alpha value is -3.84. The van der Waals surface area contributed by atoms with Crippen LogP contribution in [0.2, 0.25) is 0 Å². The van der Waals surface area contributed by atoms with Crippen molar-refractivity contribution in [2.45, 2.75) is 6.42 Å². The molecule has 0 saturated heterocycles. The van der Waals surface area contributed by atoms with Crippen LogP contribution in [0.15, 0.2) is 84.0 Å². The van der Waals surface area contributed by atoms with Crippen LogP contribution < -0.4 is 5.43 Å². The van der Waals surface area contributed by atoms with Crippen molar-refractivity contribution < 1.29 is 4.92 Å². The van der Waals surface area contributed by atoms with Gasteiger partial charge < -0.3 is 0 Å². The fraction of sp³-hybridized carbons (Fsp3) is 0.0435. The predicted molar refractivity (Wildman–Crippen MR) is 120 cm³/mol. The van der Waals surface area contributed by atoms with E-state index in [1.165, 1.54) is 6.07 Å². The molecule has 1 aromatic heterocycles. The molecule has 0 amide bonds. The summed E-state index contributed by atoms with van der Waals surface area (Å²) in [4.78, 5) is 15.6. The largest absolute Gasteiger partial charge is 0.277 e. The molecular weight excluding hydrogens is 396 g/mol. The first-order valence-electron chi connectivity index (χ1n) is 9.41. The van der Waals surface area contributed by atoms with Crippen molar-refractivity contribution in [1.29, 1.82) is 0 Å². The molecule has 5 rings (SSSR count). The Labute approximate surface area is 176 Å². The minimum Gasteiger partial charge on any atom is -0.277 e. The smallest absolute Gasteiger partial charge is 0.270 e. The second-order valence-electron chi connectivity index (χ2n) is 6.86. The van der Waals surface area contributed by atoms with Crippen LogP contribution in [0.25, 0.3) is 21.5 Å². The highest BCUT2D eigenvalue weighted by atomic mass is 32.1. The van der Waals surface area contributed by atoms with Gasteiger partial charge in [0.25, 0.3) is 5.69 Å². The summed E-state index contributed by atoms with van der Waals surface area (Å²) in [7, 11) is 0. The van der Waals surface area contributed by atoms with Gasteiger partial charge in [0.05, 0.1) is 26.5 Å². The molecule has 146 valence electrons. The number of hydrazone groups is 1. The maximum Gasteiger partial charge on any atom is 0.270 e. The Morgan fingerprint density at radius 1 is 0.933 bits per heavy atom. The van der Waals surface area contributed by atoms with Crippen LogP contribution in [0.1, 0.15) is 22.6 Å². The van der Waals surface area contributed by atoms with Gasteiger partial charge in [-0.1, -0.05) is 54.6 Å². The summed E-state index contributed by atoms with van der Waals surface area (Å²) >= 11 is 1.64. The Morgan fingerprint density at radius 2 is 1.70 bits per heavy atom. The number of benzene rings is 3. The Balaban J connectivity index is 1.61. The zero-order valence-corrected chi connectivity index (χ0v) is 16.6. The second kappa shape index (κ2) is 7.53. The number of allylic oxidation sites excluding steroid dienone is 1. The van der Waals surface area contributed by atoms with Crippen molar-refractivity contribution in [2.75, 3.05) is 0 Å². The van der Waals surface area contributed by atoms with Crippen LogP contribution in [0.4, 0.5) is 5.69 Å². The number of para-hydroxylation sites is 1. The zero-order valence-electron chi connectivity index (χ0n) is 15.8. The number of nitro benzene ring substituents is 1. The molecule has 1 aliphatic rings. The highest BCUT2D eigenvalue weighted by molar-refractivity contribution is 7.19. The van der Waals surface area contributed by atoms with Gasteiger partial charge in [-0.05, 0) is 17.7 Å². The molecule has 0 spiro atoms. The normalized spacial score (nSPS) is 13.8. The fourth-order valence-electron chi connectivity index (χ4n) is 3.48. The molecule has 6 nitrogen and oxygen atoms in total. The fourth-order valence-corrected chi connectivity index (χ4v) is 4.49. The van der Waals surface area contributed by atoms with Gasteiger partial charge in [0.15, 0.2) is 0 Å². The van der Waals surface area contributed by atoms with Crippen LogP contribution >= 0.6 is 11.3 Å². The van der Waals surface area contributed by atoms with Gasteiger partial charge in [-0.2, -0.15) is 5.10 Å². The van der Waals surface area contributed by atoms with E-state index < -0.39 is 0 Å². The van der Waals surface area contributed by atoms with E-state index in [0.29, 0.717) is 6.42 Å². The SMILES string of the molecule is O=[N+]([O-])c1cccc(C2=NNC(c3ccccc3)=C(c3nc4ccccc4s3)C2)c1. The maximum absolute atomic E-state index is 11.2. The van der Waals surface area contributed by atoms with Crippen molar-refractivity contribution in [3.63, 3.8) is 0 Å². The summed E-state index contributed by atoms with van der Waals surface area (Å²) < 4.78 is 1.12. The van der Waals surface area contributed by atoms with Crippen molar-refractivity contribution in [3.8, 4) is 0 Å². The molecule has 2 heterocycles. The number of hydrogen-bond acceptors (Lipinski definition) is 6. The lowest BCUT2D eigenvalue weighted by molar-refractivity contribution is -0.384. The van der Waals surface area contributed by atoms with Crippen LogP contribution in [0.5, 0.6) is 0 Å². The summed E-state index contributed by atoms with van der Waals surface area (Å²) in [5.74, 6) is 0. The lowest BCUT2D eigenvalue weighted by Crippen LogP contribution is -2.19. The monoisotopic (exact) mass is 412 g/mol. The number of nitrogens with one attached hydrogen (secondary N) is 1. The first-order chi connectivity index (χ1) is 14.7. The number of nitro groups is 1. The van der Waals surface area contributed by atoms with E-state index in [1.807, 2.05) is 54.6 Å². The first-order valence-corrected chi connectivity index (χ1v) is 10.2. The average molecular weight is 412 g/mol. The number of fused-ring (bicyclic) bond motifs is 1. The number of thiazole rings is 1. The third-order valence-electron chi connectivity index (χ3n) is 4.95. The summed E-state index contributed by atoms with van der Waals surface area (Å²) in [6.45, 7) is 0. The lowest BCUT2D eigenvalue weighted by atomic mass is 9.97. The lowest BCUT2D eigenvalue weighted by Gasteiger charge is -2.20. The molecule has 0 fully saturated rings. The molecule has 0 saturated carbocycles. The van der Waals surface area contributed by atoms with E-state index in [2.05, 4.69) is 16.6 Å². The van der Waals surface area contributed by atoms with Crippen molar-refractivity contribution in [3.05, 3.63) is 105 Å². The molecule has 0 atom stereocenters. The molecule has 0 bridgehead atoms. The van der Waals surface area contributed by atoms with Gasteiger partial charge in [0, 0.05) is 29.7 Å². The third kappa shape index (κ3) is 3.35. The van der Waals surface area contributed by atoms with Gasteiger partial charge in [-0.25, -0.2) is 4.98 Å². The van der Waals surface area contributed by atoms with E-state index >= 15 is 0 Å². The molecule has 0 radical (unpaired) electrons. The number of nitrogens with zero attached hydrogens (tertiary/aromatic N) is 3. The molecule has 4 aromatic rings. The van der Waals surface area contributed by atoms with Gasteiger partial charge >= 0.3 is 0 Å². The van der Waals surface area contributed by atoms with E-state index in [1.54, 1.807) is 23.5 Å². The molecule has 0 unspecified atom stereocenters. The van der Waals surface area contributed by atoms with Crippen LogP contribution in [0.3, 0.4) is 0 Å². The Bertz CT molecular complexity index is 1290. The number of aromatic nitrogens is 1. The van der Waals surface area contributed by atoms with E-state index in [4.69, 9.17) is 4.98 Å². The van der Waals surface area contributed by atoms with Gasteiger partial charge in [-0.15, -0.1) is 11.3 Å². The van der Waals surface area contributed by atoms with Crippen molar-refractivity contribution in [2.24, 2.45) is 5.10 Å². The Morgan fingerprint density at radius 3 is 2.50 bits per heavy atom. The van der Waals surface area contributed by atoms with Gasteiger partial charge in [0.1, 0.15) is 5.01 Å². The molecular formula is C23H16N4O2S. The summed E-state index contributed by atoms with van der Waals surface area (Å²) in [5, 5.41) is 16.7. The van der Waals surface area contributed by atoms with Crippen LogP contribution in [0, 0.1) is 10.1 Å².